The van der Waals surface area contributed by atoms with Crippen LogP contribution in [-0.4, -0.2) is 16.6 Å². The van der Waals surface area contributed by atoms with Crippen LogP contribution < -0.4 is 4.74 Å². The van der Waals surface area contributed by atoms with Gasteiger partial charge in [-0.2, -0.15) is 0 Å². The Hall–Kier alpha value is -0.830. The summed E-state index contributed by atoms with van der Waals surface area (Å²) in [5, 5.41) is 0. The minimum atomic E-state index is 0.388. The molecule has 0 aliphatic carbocycles. The number of aromatic nitrogens is 2. The van der Waals surface area contributed by atoms with Crippen molar-refractivity contribution in [2.75, 3.05) is 6.61 Å². The van der Waals surface area contributed by atoms with Crippen LogP contribution in [0.15, 0.2) is 12.4 Å². The van der Waals surface area contributed by atoms with Gasteiger partial charge in [-0.15, -0.1) is 11.6 Å². The molecule has 0 spiro atoms. The van der Waals surface area contributed by atoms with Gasteiger partial charge in [-0.3, -0.25) is 4.98 Å². The van der Waals surface area contributed by atoms with Gasteiger partial charge in [-0.1, -0.05) is 20.3 Å². The molecule has 0 N–H and O–H groups in total. The first-order valence-electron chi connectivity index (χ1n) is 5.26. The van der Waals surface area contributed by atoms with Crippen molar-refractivity contribution in [2.24, 2.45) is 5.92 Å². The molecule has 0 aromatic carbocycles. The van der Waals surface area contributed by atoms with E-state index < -0.39 is 0 Å². The van der Waals surface area contributed by atoms with Crippen LogP contribution in [-0.2, 0) is 5.88 Å². The molecule has 1 aromatic rings. The van der Waals surface area contributed by atoms with Crippen LogP contribution in [0.3, 0.4) is 0 Å². The number of alkyl halides is 1. The van der Waals surface area contributed by atoms with Gasteiger partial charge in [0.05, 0.1) is 30.6 Å². The fourth-order valence-electron chi connectivity index (χ4n) is 1.29. The summed E-state index contributed by atoms with van der Waals surface area (Å²) in [6.45, 7) is 5.04. The van der Waals surface area contributed by atoms with Crippen LogP contribution in [0.5, 0.6) is 5.88 Å². The van der Waals surface area contributed by atoms with Crippen LogP contribution >= 0.6 is 11.6 Å². The largest absolute Gasteiger partial charge is 0.476 e. The third kappa shape index (κ3) is 4.47. The van der Waals surface area contributed by atoms with Crippen LogP contribution in [0.2, 0.25) is 0 Å². The smallest absolute Gasteiger partial charge is 0.232 e. The molecule has 1 aromatic heterocycles. The first kappa shape index (κ1) is 12.2. The van der Waals surface area contributed by atoms with Crippen molar-refractivity contribution >= 4 is 11.6 Å². The molecular formula is C11H17ClN2O. The molecule has 15 heavy (non-hydrogen) atoms. The maximum absolute atomic E-state index is 5.60. The number of rotatable bonds is 6. The Morgan fingerprint density at radius 3 is 2.73 bits per heavy atom. The molecule has 4 heteroatoms. The molecule has 1 unspecified atom stereocenters. The zero-order valence-corrected chi connectivity index (χ0v) is 10.00. The van der Waals surface area contributed by atoms with Crippen molar-refractivity contribution in [1.82, 2.24) is 9.97 Å². The number of halogens is 1. The third-order valence-corrected chi connectivity index (χ3v) is 2.39. The van der Waals surface area contributed by atoms with Crippen molar-refractivity contribution < 1.29 is 4.74 Å². The fraction of sp³-hybridized carbons (Fsp3) is 0.636. The lowest BCUT2D eigenvalue weighted by atomic mass is 10.1. The summed E-state index contributed by atoms with van der Waals surface area (Å²) in [5.41, 5.74) is 0.769. The highest BCUT2D eigenvalue weighted by molar-refractivity contribution is 6.16. The van der Waals surface area contributed by atoms with E-state index in [4.69, 9.17) is 16.3 Å². The van der Waals surface area contributed by atoms with Crippen molar-refractivity contribution in [1.29, 1.82) is 0 Å². The Kier molecular flexibility index (Phi) is 5.40. The quantitative estimate of drug-likeness (QED) is 0.702. The van der Waals surface area contributed by atoms with Crippen molar-refractivity contribution in [3.63, 3.8) is 0 Å². The monoisotopic (exact) mass is 228 g/mol. The molecule has 0 amide bonds. The van der Waals surface area contributed by atoms with Gasteiger partial charge in [0.1, 0.15) is 0 Å². The molecule has 0 saturated carbocycles. The SMILES string of the molecule is CCCC(C)COc1cnc(CCl)cn1. The second kappa shape index (κ2) is 6.62. The Morgan fingerprint density at radius 1 is 1.40 bits per heavy atom. The van der Waals surface area contributed by atoms with Gasteiger partial charge in [-0.25, -0.2) is 4.98 Å². The van der Waals surface area contributed by atoms with E-state index in [-0.39, 0.29) is 0 Å². The molecule has 0 radical (unpaired) electrons. The van der Waals surface area contributed by atoms with Crippen molar-refractivity contribution in [3.8, 4) is 5.88 Å². The topological polar surface area (TPSA) is 35.0 Å². The van der Waals surface area contributed by atoms with Gasteiger partial charge in [0, 0.05) is 0 Å². The Morgan fingerprint density at radius 2 is 2.20 bits per heavy atom. The zero-order chi connectivity index (χ0) is 11.1. The summed E-state index contributed by atoms with van der Waals surface area (Å²) in [5.74, 6) is 1.52. The summed E-state index contributed by atoms with van der Waals surface area (Å²) < 4.78 is 5.50. The molecule has 0 aliphatic rings. The van der Waals surface area contributed by atoms with Gasteiger partial charge in [0.25, 0.3) is 0 Å². The summed E-state index contributed by atoms with van der Waals surface area (Å²) in [4.78, 5) is 8.21. The second-order valence-corrected chi connectivity index (χ2v) is 3.95. The number of hydrogen-bond acceptors (Lipinski definition) is 3. The van der Waals surface area contributed by atoms with E-state index in [1.165, 1.54) is 12.8 Å². The summed E-state index contributed by atoms with van der Waals surface area (Å²) in [6, 6.07) is 0. The average molecular weight is 229 g/mol. The highest BCUT2D eigenvalue weighted by atomic mass is 35.5. The van der Waals surface area contributed by atoms with E-state index in [0.29, 0.717) is 24.3 Å². The van der Waals surface area contributed by atoms with Crippen LogP contribution in [0.1, 0.15) is 32.4 Å². The molecule has 1 atom stereocenters. The highest BCUT2D eigenvalue weighted by Crippen LogP contribution is 2.10. The molecule has 0 saturated heterocycles. The fourth-order valence-corrected chi connectivity index (χ4v) is 1.43. The Labute approximate surface area is 95.8 Å². The van der Waals surface area contributed by atoms with Gasteiger partial charge in [0.2, 0.25) is 5.88 Å². The molecular weight excluding hydrogens is 212 g/mol. The van der Waals surface area contributed by atoms with Crippen LogP contribution in [0.25, 0.3) is 0 Å². The van der Waals surface area contributed by atoms with E-state index in [1.54, 1.807) is 12.4 Å². The van der Waals surface area contributed by atoms with Gasteiger partial charge >= 0.3 is 0 Å². The minimum Gasteiger partial charge on any atom is -0.476 e. The molecule has 3 nitrogen and oxygen atoms in total. The van der Waals surface area contributed by atoms with Crippen molar-refractivity contribution in [2.45, 2.75) is 32.6 Å². The van der Waals surface area contributed by atoms with Gasteiger partial charge in [0.15, 0.2) is 0 Å². The predicted molar refractivity (Wildman–Crippen MR) is 61.2 cm³/mol. The van der Waals surface area contributed by atoms with Crippen LogP contribution in [0, 0.1) is 5.92 Å². The van der Waals surface area contributed by atoms with Gasteiger partial charge in [-0.05, 0) is 12.3 Å². The number of nitrogens with zero attached hydrogens (tertiary/aromatic N) is 2. The first-order valence-corrected chi connectivity index (χ1v) is 5.79. The Balaban J connectivity index is 2.37. The van der Waals surface area contributed by atoms with E-state index >= 15 is 0 Å². The molecule has 0 fully saturated rings. The normalized spacial score (nSPS) is 12.5. The summed E-state index contributed by atoms with van der Waals surface area (Å²) >= 11 is 5.60. The lowest BCUT2D eigenvalue weighted by Crippen LogP contribution is -2.09. The molecule has 1 heterocycles. The van der Waals surface area contributed by atoms with E-state index in [0.717, 1.165) is 5.69 Å². The highest BCUT2D eigenvalue weighted by Gasteiger charge is 2.03. The summed E-state index contributed by atoms with van der Waals surface area (Å²) in [6.07, 6.45) is 5.62. The van der Waals surface area contributed by atoms with Gasteiger partial charge < -0.3 is 4.74 Å². The van der Waals surface area contributed by atoms with E-state index in [9.17, 15) is 0 Å². The zero-order valence-electron chi connectivity index (χ0n) is 9.24. The lowest BCUT2D eigenvalue weighted by molar-refractivity contribution is 0.242. The molecule has 0 bridgehead atoms. The number of ether oxygens (including phenoxy) is 1. The average Bonchev–Trinajstić information content (AvgIpc) is 2.27. The third-order valence-electron chi connectivity index (χ3n) is 2.12. The first-order chi connectivity index (χ1) is 7.26. The molecule has 84 valence electrons. The predicted octanol–water partition coefficient (Wildman–Crippen LogP) is 3.03. The van der Waals surface area contributed by atoms with Crippen molar-refractivity contribution in [3.05, 3.63) is 18.1 Å². The molecule has 1 rings (SSSR count). The minimum absolute atomic E-state index is 0.388. The Bertz CT molecular complexity index is 276. The lowest BCUT2D eigenvalue weighted by Gasteiger charge is -2.10. The van der Waals surface area contributed by atoms with E-state index in [2.05, 4.69) is 23.8 Å². The second-order valence-electron chi connectivity index (χ2n) is 3.68. The summed E-state index contributed by atoms with van der Waals surface area (Å²) in [7, 11) is 0. The maximum Gasteiger partial charge on any atom is 0.232 e. The maximum atomic E-state index is 5.60. The van der Waals surface area contributed by atoms with Crippen LogP contribution in [0.4, 0.5) is 0 Å². The number of hydrogen-bond donors (Lipinski definition) is 0. The standard InChI is InChI=1S/C11H17ClN2O/c1-3-4-9(2)8-15-11-7-13-10(5-12)6-14-11/h6-7,9H,3-5,8H2,1-2H3. The molecule has 0 aliphatic heterocycles. The van der Waals surface area contributed by atoms with E-state index in [1.807, 2.05) is 0 Å².